The van der Waals surface area contributed by atoms with Gasteiger partial charge in [-0.3, -0.25) is 9.59 Å². The minimum Gasteiger partial charge on any atom is -0.662 e. The van der Waals surface area contributed by atoms with Gasteiger partial charge in [0.15, 0.2) is 5.78 Å². The van der Waals surface area contributed by atoms with Crippen molar-refractivity contribution in [2.24, 2.45) is 0 Å². The molecule has 0 spiro atoms. The first-order valence-corrected chi connectivity index (χ1v) is 13.6. The standard InChI is InChI=1S/C14H12N2.C8H7BrO.C6H8N2.C2H6O.CH2O3.Na/c1-11-7-8-14-15-13(10-16(14)9-11)12-5-3-2-4-6-12;9-6-8(10)7-4-2-1-3-5-7;1-5-2-3-6(7)8-4-5;1-2-3;2-1-4-3;/h2-10H,1H3;1-5H,6H2;2-4H,1H3,(H2,7,8);3H,2H2,1H3;1,3H;/q;;;;;+1/p-1. The minimum atomic E-state index is -0.181. The summed E-state index contributed by atoms with van der Waals surface area (Å²) in [4.78, 5) is 30.7. The molecule has 216 valence electrons. The van der Waals surface area contributed by atoms with E-state index < -0.39 is 0 Å². The van der Waals surface area contributed by atoms with Crippen LogP contribution < -0.4 is 40.5 Å². The maximum atomic E-state index is 11.0. The Morgan fingerprint density at radius 1 is 0.976 bits per heavy atom. The van der Waals surface area contributed by atoms with Crippen LogP contribution in [0.15, 0.2) is 104 Å². The van der Waals surface area contributed by atoms with Gasteiger partial charge in [0.1, 0.15) is 11.5 Å². The number of anilines is 1. The molecule has 2 aromatic carbocycles. The number of carbonyl (C=O) groups is 2. The molecule has 0 aliphatic rings. The number of nitrogens with two attached hydrogens (primary N) is 1. The fourth-order valence-electron chi connectivity index (χ4n) is 3.03. The normalized spacial score (nSPS) is 9.00. The number of Topliss-reactive ketones (excluding diaryl/α,β-unsaturated/α-hetero) is 1. The second-order valence-electron chi connectivity index (χ2n) is 8.16. The van der Waals surface area contributed by atoms with Gasteiger partial charge in [0.05, 0.1) is 11.0 Å². The number of aryl methyl sites for hydroxylation is 2. The number of hydrogen-bond acceptors (Lipinski definition) is 8. The summed E-state index contributed by atoms with van der Waals surface area (Å²) >= 11 is 3.10. The molecule has 3 aromatic heterocycles. The van der Waals surface area contributed by atoms with Crippen molar-refractivity contribution >= 4 is 39.7 Å². The molecule has 11 heteroatoms. The van der Waals surface area contributed by atoms with Gasteiger partial charge >= 0.3 is 29.6 Å². The van der Waals surface area contributed by atoms with E-state index in [-0.39, 0.29) is 48.4 Å². The number of aromatic nitrogens is 3. The zero-order valence-corrected chi connectivity index (χ0v) is 27.8. The average molecular weight is 646 g/mol. The molecule has 9 nitrogen and oxygen atoms in total. The second-order valence-corrected chi connectivity index (χ2v) is 8.72. The smallest absolute Gasteiger partial charge is 0.662 e. The molecule has 0 saturated carbocycles. The quantitative estimate of drug-likeness (QED) is 0.0755. The van der Waals surface area contributed by atoms with Gasteiger partial charge in [-0.25, -0.2) is 9.97 Å². The molecule has 3 heterocycles. The summed E-state index contributed by atoms with van der Waals surface area (Å²) in [5, 5.41) is 16.4. The van der Waals surface area contributed by atoms with Gasteiger partial charge in [0.2, 0.25) is 0 Å². The van der Waals surface area contributed by atoms with E-state index in [0.29, 0.717) is 11.1 Å². The van der Waals surface area contributed by atoms with Gasteiger partial charge < -0.3 is 25.4 Å². The van der Waals surface area contributed by atoms with Crippen molar-refractivity contribution < 1.29 is 54.4 Å². The van der Waals surface area contributed by atoms with Gasteiger partial charge in [-0.2, -0.15) is 0 Å². The first-order valence-electron chi connectivity index (χ1n) is 12.5. The number of fused-ring (bicyclic) bond motifs is 1. The summed E-state index contributed by atoms with van der Waals surface area (Å²) < 4.78 is 2.07. The van der Waals surface area contributed by atoms with Crippen molar-refractivity contribution in [3.05, 3.63) is 120 Å². The van der Waals surface area contributed by atoms with Crippen LogP contribution in [0.25, 0.3) is 16.9 Å². The zero-order chi connectivity index (χ0) is 30.5. The van der Waals surface area contributed by atoms with E-state index in [1.54, 1.807) is 19.2 Å². The third kappa shape index (κ3) is 15.6. The van der Waals surface area contributed by atoms with E-state index >= 15 is 0 Å². The van der Waals surface area contributed by atoms with Crippen LogP contribution in [0.5, 0.6) is 0 Å². The van der Waals surface area contributed by atoms with Crippen LogP contribution in [-0.4, -0.2) is 43.7 Å². The van der Waals surface area contributed by atoms with E-state index in [1.807, 2.05) is 67.6 Å². The Morgan fingerprint density at radius 2 is 1.52 bits per heavy atom. The fourth-order valence-corrected chi connectivity index (χ4v) is 3.36. The predicted octanol–water partition coefficient (Wildman–Crippen LogP) is 1.98. The van der Waals surface area contributed by atoms with Crippen molar-refractivity contribution in [3.8, 4) is 11.3 Å². The van der Waals surface area contributed by atoms with Crippen LogP contribution in [0.1, 0.15) is 28.4 Å². The summed E-state index contributed by atoms with van der Waals surface area (Å²) in [6.07, 6.45) is 5.90. The van der Waals surface area contributed by atoms with E-state index in [1.165, 1.54) is 5.56 Å². The molecule has 3 N–H and O–H groups in total. The maximum absolute atomic E-state index is 11.0. The van der Waals surface area contributed by atoms with E-state index in [4.69, 9.17) is 20.9 Å². The molecule has 0 aliphatic carbocycles. The third-order valence-electron chi connectivity index (χ3n) is 4.86. The van der Waals surface area contributed by atoms with Gasteiger partial charge in [-0.1, -0.05) is 88.7 Å². The molecular formula is C31H34BrN4NaO5. The molecule has 0 saturated heterocycles. The molecule has 5 rings (SSSR count). The number of aliphatic hydroxyl groups is 1. The molecule has 0 unspecified atom stereocenters. The molecule has 0 atom stereocenters. The number of hydrogen-bond donors (Lipinski definition) is 2. The van der Waals surface area contributed by atoms with Crippen LogP contribution in [-0.2, 0) is 9.68 Å². The van der Waals surface area contributed by atoms with E-state index in [9.17, 15) is 4.79 Å². The van der Waals surface area contributed by atoms with E-state index in [2.05, 4.69) is 72.7 Å². The average Bonchev–Trinajstić information content (AvgIpc) is 3.44. The van der Waals surface area contributed by atoms with Crippen LogP contribution >= 0.6 is 15.9 Å². The van der Waals surface area contributed by atoms with Gasteiger partial charge in [0, 0.05) is 36.3 Å². The van der Waals surface area contributed by atoms with Crippen molar-refractivity contribution in [1.82, 2.24) is 14.4 Å². The number of benzene rings is 2. The number of rotatable bonds is 4. The van der Waals surface area contributed by atoms with Gasteiger partial charge in [0.25, 0.3) is 6.47 Å². The Morgan fingerprint density at radius 3 is 2.00 bits per heavy atom. The monoisotopic (exact) mass is 644 g/mol. The molecule has 42 heavy (non-hydrogen) atoms. The number of halogens is 1. The predicted molar refractivity (Wildman–Crippen MR) is 163 cm³/mol. The van der Waals surface area contributed by atoms with Gasteiger partial charge in [-0.15, -0.1) is 0 Å². The zero-order valence-electron chi connectivity index (χ0n) is 24.2. The van der Waals surface area contributed by atoms with Crippen molar-refractivity contribution in [3.63, 3.8) is 0 Å². The molecule has 0 amide bonds. The van der Waals surface area contributed by atoms with Crippen LogP contribution in [0.2, 0.25) is 0 Å². The molecule has 5 aromatic rings. The number of nitrogens with zero attached hydrogens (tertiary/aromatic N) is 3. The third-order valence-corrected chi connectivity index (χ3v) is 5.37. The largest absolute Gasteiger partial charge is 1.00 e. The fraction of sp³-hybridized carbons (Fsp3) is 0.161. The SMILES string of the molecule is CCO.Cc1ccc(N)nc1.Cc1ccc2nc(-c3ccccc3)cn2c1.O=C(CBr)c1ccccc1.O=CO[O-].[Na+]. The summed E-state index contributed by atoms with van der Waals surface area (Å²) in [6, 6.07) is 27.3. The Balaban J connectivity index is 0.000000562. The summed E-state index contributed by atoms with van der Waals surface area (Å²) in [5.41, 5.74) is 11.6. The number of aliphatic hydroxyl groups excluding tert-OH is 1. The first kappa shape index (κ1) is 38.6. The summed E-state index contributed by atoms with van der Waals surface area (Å²) in [7, 11) is 0. The molecule has 0 radical (unpaired) electrons. The van der Waals surface area contributed by atoms with E-state index in [0.717, 1.165) is 28.0 Å². The second kappa shape index (κ2) is 23.2. The number of nitrogen functional groups attached to an aromatic ring is 1. The van der Waals surface area contributed by atoms with Crippen molar-refractivity contribution in [1.29, 1.82) is 0 Å². The number of ketones is 1. The number of carbonyl (C=O) groups excluding carboxylic acids is 2. The number of pyridine rings is 2. The Bertz CT molecular complexity index is 1400. The topological polar surface area (TPSA) is 143 Å². The number of alkyl halides is 1. The Hall–Kier alpha value is -3.38. The van der Waals surface area contributed by atoms with Crippen LogP contribution in [0.3, 0.4) is 0 Å². The first-order chi connectivity index (χ1) is 19.8. The Kier molecular flexibility index (Phi) is 21.3. The number of imidazole rings is 1. The summed E-state index contributed by atoms with van der Waals surface area (Å²) in [5.74, 6) is 0.705. The van der Waals surface area contributed by atoms with Crippen LogP contribution in [0, 0.1) is 13.8 Å². The molecule has 0 bridgehead atoms. The Labute approximate surface area is 276 Å². The minimum absolute atomic E-state index is 0. The van der Waals surface area contributed by atoms with Crippen LogP contribution in [0.4, 0.5) is 5.82 Å². The molecular weight excluding hydrogens is 611 g/mol. The summed E-state index contributed by atoms with van der Waals surface area (Å²) in [6.45, 7) is 5.81. The van der Waals surface area contributed by atoms with Crippen molar-refractivity contribution in [2.45, 2.75) is 20.8 Å². The molecule has 0 fully saturated rings. The molecule has 0 aliphatic heterocycles. The van der Waals surface area contributed by atoms with Crippen molar-refractivity contribution in [2.75, 3.05) is 17.7 Å². The maximum Gasteiger partial charge on any atom is 1.00 e. The van der Waals surface area contributed by atoms with Gasteiger partial charge in [-0.05, 0) is 44.0 Å².